The number of carbonyl (C=O) groups is 2. The minimum Gasteiger partial charge on any atom is -0.464 e. The molecular weight excluding hydrogens is 304 g/mol. The summed E-state index contributed by atoms with van der Waals surface area (Å²) in [5.41, 5.74) is 1.33. The molecule has 0 saturated carbocycles. The number of benzene rings is 1. The van der Waals surface area contributed by atoms with Crippen molar-refractivity contribution >= 4 is 23.4 Å². The van der Waals surface area contributed by atoms with Crippen molar-refractivity contribution in [2.75, 3.05) is 13.7 Å². The van der Waals surface area contributed by atoms with Crippen LogP contribution in [0.3, 0.4) is 0 Å². The lowest BCUT2D eigenvalue weighted by molar-refractivity contribution is 0.0588. The van der Waals surface area contributed by atoms with Gasteiger partial charge in [-0.2, -0.15) is 0 Å². The van der Waals surface area contributed by atoms with Gasteiger partial charge < -0.3 is 14.0 Å². The third-order valence-electron chi connectivity index (χ3n) is 2.83. The molecule has 7 heteroatoms. The maximum absolute atomic E-state index is 11.9. The van der Waals surface area contributed by atoms with E-state index in [0.717, 1.165) is 5.56 Å². The quantitative estimate of drug-likeness (QED) is 0.811. The fraction of sp³-hybridized carbons (Fsp3) is 0.267. The van der Waals surface area contributed by atoms with Gasteiger partial charge in [-0.25, -0.2) is 9.59 Å². The Kier molecular flexibility index (Phi) is 5.48. The van der Waals surface area contributed by atoms with Gasteiger partial charge in [0, 0.05) is 5.38 Å². The van der Waals surface area contributed by atoms with E-state index in [4.69, 9.17) is 9.47 Å². The zero-order valence-corrected chi connectivity index (χ0v) is 13.1. The second-order valence-electron chi connectivity index (χ2n) is 4.28. The Morgan fingerprint density at radius 2 is 2.00 bits per heavy atom. The van der Waals surface area contributed by atoms with Crippen molar-refractivity contribution in [2.45, 2.75) is 13.5 Å². The lowest BCUT2D eigenvalue weighted by Crippen LogP contribution is -2.23. The van der Waals surface area contributed by atoms with E-state index >= 15 is 0 Å². The molecule has 22 heavy (non-hydrogen) atoms. The number of esters is 1. The summed E-state index contributed by atoms with van der Waals surface area (Å²) in [7, 11) is 1.31. The van der Waals surface area contributed by atoms with Crippen LogP contribution in [0.5, 0.6) is 0 Å². The van der Waals surface area contributed by atoms with Gasteiger partial charge in [-0.1, -0.05) is 30.3 Å². The molecule has 116 valence electrons. The van der Waals surface area contributed by atoms with Gasteiger partial charge in [-0.15, -0.1) is 16.3 Å². The molecule has 0 atom stereocenters. The molecule has 0 aliphatic carbocycles. The molecule has 0 bridgehead atoms. The van der Waals surface area contributed by atoms with Crippen molar-refractivity contribution < 1.29 is 19.1 Å². The molecule has 0 unspecified atom stereocenters. The van der Waals surface area contributed by atoms with E-state index in [9.17, 15) is 9.59 Å². The summed E-state index contributed by atoms with van der Waals surface area (Å²) in [4.78, 5) is 27.7. The van der Waals surface area contributed by atoms with E-state index in [2.05, 4.69) is 4.99 Å². The molecular formula is C15H16N2O4S. The molecule has 1 aromatic carbocycles. The second-order valence-corrected chi connectivity index (χ2v) is 5.11. The van der Waals surface area contributed by atoms with Gasteiger partial charge >= 0.3 is 12.1 Å². The molecule has 0 radical (unpaired) electrons. The van der Waals surface area contributed by atoms with Gasteiger partial charge in [0.2, 0.25) is 0 Å². The van der Waals surface area contributed by atoms with E-state index in [1.807, 2.05) is 30.3 Å². The minimum absolute atomic E-state index is 0.246. The van der Waals surface area contributed by atoms with Crippen molar-refractivity contribution in [1.29, 1.82) is 0 Å². The highest BCUT2D eigenvalue weighted by atomic mass is 32.1. The smallest absolute Gasteiger partial charge is 0.436 e. The summed E-state index contributed by atoms with van der Waals surface area (Å²) in [5.74, 6) is -0.475. The zero-order valence-electron chi connectivity index (χ0n) is 12.3. The number of aromatic nitrogens is 1. The summed E-state index contributed by atoms with van der Waals surface area (Å²) in [6.07, 6.45) is -0.678. The molecule has 1 amide bonds. The Bertz CT molecular complexity index is 719. The zero-order chi connectivity index (χ0) is 15.9. The Balaban J connectivity index is 2.44. The van der Waals surface area contributed by atoms with E-state index < -0.39 is 12.1 Å². The van der Waals surface area contributed by atoms with Crippen LogP contribution in [-0.2, 0) is 16.0 Å². The predicted molar refractivity (Wildman–Crippen MR) is 81.8 cm³/mol. The summed E-state index contributed by atoms with van der Waals surface area (Å²) < 4.78 is 11.2. The van der Waals surface area contributed by atoms with E-state index in [0.29, 0.717) is 17.0 Å². The third-order valence-corrected chi connectivity index (χ3v) is 3.69. The molecule has 0 fully saturated rings. The van der Waals surface area contributed by atoms with Crippen LogP contribution < -0.4 is 4.80 Å². The van der Waals surface area contributed by atoms with Crippen molar-refractivity contribution in [3.05, 3.63) is 51.8 Å². The number of ether oxygens (including phenoxy) is 2. The number of thiazole rings is 1. The third kappa shape index (κ3) is 3.82. The standard InChI is InChI=1S/C15H16N2O4S/c1-3-21-15(19)16-14-17(9-11-7-5-4-6-8-11)12(10-22-14)13(18)20-2/h4-8,10H,3,9H2,1-2H3. The largest absolute Gasteiger partial charge is 0.464 e. The van der Waals surface area contributed by atoms with Gasteiger partial charge in [-0.3, -0.25) is 0 Å². The highest BCUT2D eigenvalue weighted by Crippen LogP contribution is 2.08. The minimum atomic E-state index is -0.678. The number of nitrogens with zero attached hydrogens (tertiary/aromatic N) is 2. The van der Waals surface area contributed by atoms with Crippen LogP contribution in [0.15, 0.2) is 40.7 Å². The van der Waals surface area contributed by atoms with Crippen molar-refractivity contribution in [3.63, 3.8) is 0 Å². The SMILES string of the molecule is CCOC(=O)N=c1scc(C(=O)OC)n1Cc1ccccc1. The highest BCUT2D eigenvalue weighted by molar-refractivity contribution is 7.07. The number of methoxy groups -OCH3 is 1. The van der Waals surface area contributed by atoms with Crippen LogP contribution in [0, 0.1) is 0 Å². The van der Waals surface area contributed by atoms with Crippen LogP contribution in [0.2, 0.25) is 0 Å². The number of amides is 1. The maximum atomic E-state index is 11.9. The highest BCUT2D eigenvalue weighted by Gasteiger charge is 2.15. The molecule has 0 aliphatic heterocycles. The van der Waals surface area contributed by atoms with Crippen LogP contribution >= 0.6 is 11.3 Å². The number of carbonyl (C=O) groups excluding carboxylic acids is 2. The fourth-order valence-corrected chi connectivity index (χ4v) is 2.70. The van der Waals surface area contributed by atoms with Crippen molar-refractivity contribution in [3.8, 4) is 0 Å². The molecule has 2 aromatic rings. The van der Waals surface area contributed by atoms with Gasteiger partial charge in [0.05, 0.1) is 20.3 Å². The fourth-order valence-electron chi connectivity index (χ4n) is 1.84. The lowest BCUT2D eigenvalue weighted by atomic mass is 10.2. The van der Waals surface area contributed by atoms with Crippen LogP contribution in [0.4, 0.5) is 4.79 Å². The second kappa shape index (κ2) is 7.56. The molecule has 0 saturated heterocycles. The first-order valence-corrected chi connectivity index (χ1v) is 7.55. The first kappa shape index (κ1) is 16.0. The van der Waals surface area contributed by atoms with Gasteiger partial charge in [0.1, 0.15) is 5.69 Å². The van der Waals surface area contributed by atoms with Crippen molar-refractivity contribution in [1.82, 2.24) is 4.57 Å². The number of rotatable bonds is 4. The molecule has 1 aromatic heterocycles. The van der Waals surface area contributed by atoms with E-state index in [-0.39, 0.29) is 6.61 Å². The average Bonchev–Trinajstić information content (AvgIpc) is 2.90. The predicted octanol–water partition coefficient (Wildman–Crippen LogP) is 2.44. The molecule has 0 N–H and O–H groups in total. The first-order valence-electron chi connectivity index (χ1n) is 6.67. The van der Waals surface area contributed by atoms with Gasteiger partial charge in [0.15, 0.2) is 4.80 Å². The molecule has 6 nitrogen and oxygen atoms in total. The van der Waals surface area contributed by atoms with E-state index in [1.165, 1.54) is 18.4 Å². The Hall–Kier alpha value is -2.41. The lowest BCUT2D eigenvalue weighted by Gasteiger charge is -2.07. The van der Waals surface area contributed by atoms with Crippen molar-refractivity contribution in [2.24, 2.45) is 4.99 Å². The molecule has 1 heterocycles. The molecule has 0 aliphatic rings. The summed E-state index contributed by atoms with van der Waals surface area (Å²) in [5, 5.41) is 1.62. The van der Waals surface area contributed by atoms with Crippen LogP contribution in [0.1, 0.15) is 23.0 Å². The van der Waals surface area contributed by atoms with Crippen LogP contribution in [0.25, 0.3) is 0 Å². The van der Waals surface area contributed by atoms with E-state index in [1.54, 1.807) is 16.9 Å². The number of hydrogen-bond donors (Lipinski definition) is 0. The van der Waals surface area contributed by atoms with Gasteiger partial charge in [0.25, 0.3) is 0 Å². The summed E-state index contributed by atoms with van der Waals surface area (Å²) in [6, 6.07) is 9.58. The molecule has 2 rings (SSSR count). The average molecular weight is 320 g/mol. The monoisotopic (exact) mass is 320 g/mol. The number of hydrogen-bond acceptors (Lipinski definition) is 5. The Morgan fingerprint density at radius 3 is 2.64 bits per heavy atom. The Morgan fingerprint density at radius 1 is 1.27 bits per heavy atom. The van der Waals surface area contributed by atoms with Gasteiger partial charge in [-0.05, 0) is 12.5 Å². The summed E-state index contributed by atoms with van der Waals surface area (Å²) >= 11 is 1.19. The molecule has 0 spiro atoms. The normalized spacial score (nSPS) is 11.3. The van der Waals surface area contributed by atoms with Crippen LogP contribution in [-0.4, -0.2) is 30.3 Å². The maximum Gasteiger partial charge on any atom is 0.436 e. The summed E-state index contributed by atoms with van der Waals surface area (Å²) in [6.45, 7) is 2.36. The first-order chi connectivity index (χ1) is 10.7. The Labute approximate surface area is 131 Å². The topological polar surface area (TPSA) is 69.9 Å².